The third-order valence-electron chi connectivity index (χ3n) is 4.13. The molecule has 0 radical (unpaired) electrons. The molecule has 0 amide bonds. The molecule has 2 unspecified atom stereocenters. The van der Waals surface area contributed by atoms with Crippen LogP contribution in [-0.2, 0) is 4.74 Å². The SMILES string of the molecule is CNC(CC1CCCO1)C1CCCCC1. The zero-order chi connectivity index (χ0) is 10.5. The summed E-state index contributed by atoms with van der Waals surface area (Å²) in [6, 6.07) is 0.702. The van der Waals surface area contributed by atoms with Gasteiger partial charge in [0.25, 0.3) is 0 Å². The summed E-state index contributed by atoms with van der Waals surface area (Å²) in [5, 5.41) is 3.52. The molecule has 0 aromatic carbocycles. The molecule has 1 saturated carbocycles. The van der Waals surface area contributed by atoms with Crippen molar-refractivity contribution < 1.29 is 4.74 Å². The van der Waals surface area contributed by atoms with Crippen LogP contribution in [0.2, 0.25) is 0 Å². The van der Waals surface area contributed by atoms with Gasteiger partial charge >= 0.3 is 0 Å². The summed E-state index contributed by atoms with van der Waals surface area (Å²) in [6.07, 6.45) is 11.5. The zero-order valence-electron chi connectivity index (χ0n) is 10.0. The lowest BCUT2D eigenvalue weighted by molar-refractivity contribution is 0.0841. The van der Waals surface area contributed by atoms with Gasteiger partial charge in [-0.3, -0.25) is 0 Å². The van der Waals surface area contributed by atoms with E-state index in [1.165, 1.54) is 51.4 Å². The smallest absolute Gasteiger partial charge is 0.0590 e. The number of ether oxygens (including phenoxy) is 1. The molecule has 1 aliphatic heterocycles. The van der Waals surface area contributed by atoms with Crippen molar-refractivity contribution in [1.29, 1.82) is 0 Å². The highest BCUT2D eigenvalue weighted by molar-refractivity contribution is 4.82. The van der Waals surface area contributed by atoms with Gasteiger partial charge in [0.1, 0.15) is 0 Å². The van der Waals surface area contributed by atoms with Crippen LogP contribution in [-0.4, -0.2) is 25.8 Å². The Bertz CT molecular complexity index is 171. The van der Waals surface area contributed by atoms with Crippen LogP contribution in [0, 0.1) is 5.92 Å². The second-order valence-electron chi connectivity index (χ2n) is 5.16. The quantitative estimate of drug-likeness (QED) is 0.772. The van der Waals surface area contributed by atoms with E-state index in [0.717, 1.165) is 12.5 Å². The van der Waals surface area contributed by atoms with Gasteiger partial charge in [0.05, 0.1) is 6.10 Å². The molecule has 2 rings (SSSR count). The summed E-state index contributed by atoms with van der Waals surface area (Å²) in [5.41, 5.74) is 0. The molecule has 1 aliphatic carbocycles. The van der Waals surface area contributed by atoms with Crippen molar-refractivity contribution in [2.24, 2.45) is 5.92 Å². The van der Waals surface area contributed by atoms with E-state index in [1.54, 1.807) is 0 Å². The van der Waals surface area contributed by atoms with Crippen LogP contribution in [0.5, 0.6) is 0 Å². The Balaban J connectivity index is 1.79. The molecule has 0 aromatic rings. The number of hydrogen-bond acceptors (Lipinski definition) is 2. The summed E-state index contributed by atoms with van der Waals surface area (Å²) < 4.78 is 5.74. The summed E-state index contributed by atoms with van der Waals surface area (Å²) in [4.78, 5) is 0. The van der Waals surface area contributed by atoms with Crippen LogP contribution in [0.4, 0.5) is 0 Å². The number of nitrogens with one attached hydrogen (secondary N) is 1. The Morgan fingerprint density at radius 1 is 1.13 bits per heavy atom. The molecule has 15 heavy (non-hydrogen) atoms. The Morgan fingerprint density at radius 2 is 1.93 bits per heavy atom. The van der Waals surface area contributed by atoms with Crippen molar-refractivity contribution in [2.45, 2.75) is 63.5 Å². The van der Waals surface area contributed by atoms with E-state index in [-0.39, 0.29) is 0 Å². The van der Waals surface area contributed by atoms with Gasteiger partial charge in [0.15, 0.2) is 0 Å². The molecule has 88 valence electrons. The molecule has 2 fully saturated rings. The number of hydrogen-bond donors (Lipinski definition) is 1. The Hall–Kier alpha value is -0.0800. The van der Waals surface area contributed by atoms with Gasteiger partial charge < -0.3 is 10.1 Å². The van der Waals surface area contributed by atoms with Crippen LogP contribution >= 0.6 is 0 Å². The molecular weight excluding hydrogens is 186 g/mol. The first-order valence-corrected chi connectivity index (χ1v) is 6.69. The fourth-order valence-corrected chi connectivity index (χ4v) is 3.20. The number of rotatable bonds is 4. The lowest BCUT2D eigenvalue weighted by Crippen LogP contribution is -2.37. The highest BCUT2D eigenvalue weighted by atomic mass is 16.5. The van der Waals surface area contributed by atoms with Crippen molar-refractivity contribution in [3.8, 4) is 0 Å². The topological polar surface area (TPSA) is 21.3 Å². The Morgan fingerprint density at radius 3 is 2.53 bits per heavy atom. The maximum absolute atomic E-state index is 5.74. The van der Waals surface area contributed by atoms with Crippen molar-refractivity contribution >= 4 is 0 Å². The van der Waals surface area contributed by atoms with E-state index in [9.17, 15) is 0 Å². The van der Waals surface area contributed by atoms with Gasteiger partial charge in [-0.2, -0.15) is 0 Å². The van der Waals surface area contributed by atoms with Gasteiger partial charge in [0.2, 0.25) is 0 Å². The van der Waals surface area contributed by atoms with Crippen LogP contribution < -0.4 is 5.32 Å². The van der Waals surface area contributed by atoms with Gasteiger partial charge in [-0.1, -0.05) is 19.3 Å². The first-order valence-electron chi connectivity index (χ1n) is 6.69. The second kappa shape index (κ2) is 5.86. The van der Waals surface area contributed by atoms with Gasteiger partial charge in [0, 0.05) is 12.6 Å². The van der Waals surface area contributed by atoms with E-state index in [1.807, 2.05) is 0 Å². The molecular formula is C13H25NO. The van der Waals surface area contributed by atoms with Gasteiger partial charge in [-0.05, 0) is 45.1 Å². The Kier molecular flexibility index (Phi) is 4.45. The minimum absolute atomic E-state index is 0.546. The van der Waals surface area contributed by atoms with E-state index in [4.69, 9.17) is 4.74 Å². The van der Waals surface area contributed by atoms with Crippen molar-refractivity contribution in [3.63, 3.8) is 0 Å². The van der Waals surface area contributed by atoms with Crippen LogP contribution in [0.3, 0.4) is 0 Å². The lowest BCUT2D eigenvalue weighted by atomic mass is 9.81. The first kappa shape index (κ1) is 11.4. The zero-order valence-corrected chi connectivity index (χ0v) is 10.0. The Labute approximate surface area is 93.8 Å². The van der Waals surface area contributed by atoms with Crippen molar-refractivity contribution in [1.82, 2.24) is 5.32 Å². The summed E-state index contributed by atoms with van der Waals surface area (Å²) in [6.45, 7) is 0.992. The van der Waals surface area contributed by atoms with E-state index < -0.39 is 0 Å². The highest BCUT2D eigenvalue weighted by Gasteiger charge is 2.26. The molecule has 0 aromatic heterocycles. The molecule has 0 bridgehead atoms. The fourth-order valence-electron chi connectivity index (χ4n) is 3.20. The van der Waals surface area contributed by atoms with Crippen LogP contribution in [0.15, 0.2) is 0 Å². The predicted octanol–water partition coefficient (Wildman–Crippen LogP) is 2.72. The van der Waals surface area contributed by atoms with Gasteiger partial charge in [-0.25, -0.2) is 0 Å². The lowest BCUT2D eigenvalue weighted by Gasteiger charge is -2.31. The third kappa shape index (κ3) is 3.18. The highest BCUT2D eigenvalue weighted by Crippen LogP contribution is 2.30. The third-order valence-corrected chi connectivity index (χ3v) is 4.13. The average Bonchev–Trinajstić information content (AvgIpc) is 2.80. The molecule has 1 saturated heterocycles. The fraction of sp³-hybridized carbons (Fsp3) is 1.00. The monoisotopic (exact) mass is 211 g/mol. The molecule has 2 heteroatoms. The molecule has 1 heterocycles. The van der Waals surface area contributed by atoms with E-state index in [0.29, 0.717) is 12.1 Å². The molecule has 2 atom stereocenters. The summed E-state index contributed by atoms with van der Waals surface area (Å²) in [7, 11) is 2.12. The van der Waals surface area contributed by atoms with E-state index in [2.05, 4.69) is 12.4 Å². The minimum Gasteiger partial charge on any atom is -0.378 e. The standard InChI is InChI=1S/C13H25NO/c1-14-13(10-12-8-5-9-15-12)11-6-3-2-4-7-11/h11-14H,2-10H2,1H3. The largest absolute Gasteiger partial charge is 0.378 e. The second-order valence-corrected chi connectivity index (χ2v) is 5.16. The minimum atomic E-state index is 0.546. The maximum Gasteiger partial charge on any atom is 0.0590 e. The molecule has 2 aliphatic rings. The molecule has 1 N–H and O–H groups in total. The van der Waals surface area contributed by atoms with Gasteiger partial charge in [-0.15, -0.1) is 0 Å². The maximum atomic E-state index is 5.74. The predicted molar refractivity (Wildman–Crippen MR) is 63.0 cm³/mol. The average molecular weight is 211 g/mol. The first-order chi connectivity index (χ1) is 7.40. The van der Waals surface area contributed by atoms with Crippen LogP contribution in [0.25, 0.3) is 0 Å². The van der Waals surface area contributed by atoms with Crippen molar-refractivity contribution in [3.05, 3.63) is 0 Å². The van der Waals surface area contributed by atoms with E-state index >= 15 is 0 Å². The summed E-state index contributed by atoms with van der Waals surface area (Å²) >= 11 is 0. The van der Waals surface area contributed by atoms with Crippen molar-refractivity contribution in [2.75, 3.05) is 13.7 Å². The molecule has 0 spiro atoms. The van der Waals surface area contributed by atoms with Crippen LogP contribution in [0.1, 0.15) is 51.4 Å². The molecule has 2 nitrogen and oxygen atoms in total. The normalized spacial score (nSPS) is 30.6. The summed E-state index contributed by atoms with van der Waals surface area (Å²) in [5.74, 6) is 0.910.